The van der Waals surface area contributed by atoms with Gasteiger partial charge in [-0.2, -0.15) is 0 Å². The summed E-state index contributed by atoms with van der Waals surface area (Å²) < 4.78 is 4.87. The molecule has 4 heteroatoms. The summed E-state index contributed by atoms with van der Waals surface area (Å²) in [5.41, 5.74) is 8.55. The van der Waals surface area contributed by atoms with Crippen molar-refractivity contribution in [1.29, 1.82) is 0 Å². The van der Waals surface area contributed by atoms with E-state index in [0.717, 1.165) is 39.6 Å². The lowest BCUT2D eigenvalue weighted by Crippen LogP contribution is -1.96. The minimum atomic E-state index is 0.727. The molecule has 0 aliphatic heterocycles. The molecule has 0 bridgehead atoms. The molecule has 0 spiro atoms. The molecule has 0 radical (unpaired) electrons. The number of nitrogens with zero attached hydrogens (tertiary/aromatic N) is 3. The smallest absolute Gasteiger partial charge is 0.161 e. The summed E-state index contributed by atoms with van der Waals surface area (Å²) in [5.74, 6) is 0.727. The van der Waals surface area contributed by atoms with E-state index in [2.05, 4.69) is 193 Å². The van der Waals surface area contributed by atoms with Gasteiger partial charge in [-0.15, -0.1) is 11.3 Å². The minimum Gasteiger partial charge on any atom is -0.309 e. The SMILES string of the molecule is c1ccc(-c2cc(-c3ccc4c5ccccc5c5ccccc5c4c3)nc(-c3cccc4c3sc3c4ccc4c3c3ccccc3n4-c3ccccc3)n2)cc1. The zero-order valence-corrected chi connectivity index (χ0v) is 31.0. The molecule has 0 unspecified atom stereocenters. The van der Waals surface area contributed by atoms with Crippen molar-refractivity contribution in [2.45, 2.75) is 0 Å². The fraction of sp³-hybridized carbons (Fsp3) is 0. The fourth-order valence-corrected chi connectivity index (χ4v) is 10.2. The molecule has 0 aliphatic rings. The van der Waals surface area contributed by atoms with Crippen molar-refractivity contribution in [3.63, 3.8) is 0 Å². The summed E-state index contributed by atoms with van der Waals surface area (Å²) in [7, 11) is 0. The van der Waals surface area contributed by atoms with Crippen molar-refractivity contribution in [3.8, 4) is 39.6 Å². The van der Waals surface area contributed by atoms with Gasteiger partial charge < -0.3 is 4.57 Å². The van der Waals surface area contributed by atoms with E-state index in [4.69, 9.17) is 9.97 Å². The molecule has 12 aromatic rings. The number of aromatic nitrogens is 3. The average molecular weight is 730 g/mol. The van der Waals surface area contributed by atoms with Gasteiger partial charge in [0, 0.05) is 53.3 Å². The molecule has 3 heterocycles. The van der Waals surface area contributed by atoms with Gasteiger partial charge >= 0.3 is 0 Å². The normalized spacial score (nSPS) is 11.9. The summed E-state index contributed by atoms with van der Waals surface area (Å²) in [6, 6.07) is 67.6. The van der Waals surface area contributed by atoms with Crippen LogP contribution >= 0.6 is 11.3 Å². The van der Waals surface area contributed by atoms with E-state index >= 15 is 0 Å². The van der Waals surface area contributed by atoms with Crippen LogP contribution in [0.4, 0.5) is 0 Å². The van der Waals surface area contributed by atoms with Crippen molar-refractivity contribution < 1.29 is 0 Å². The van der Waals surface area contributed by atoms with Crippen molar-refractivity contribution in [3.05, 3.63) is 188 Å². The first-order valence-electron chi connectivity index (χ1n) is 19.0. The highest BCUT2D eigenvalue weighted by atomic mass is 32.1. The van der Waals surface area contributed by atoms with E-state index in [-0.39, 0.29) is 0 Å². The van der Waals surface area contributed by atoms with E-state index in [1.807, 2.05) is 11.3 Å². The molecule has 0 aliphatic carbocycles. The van der Waals surface area contributed by atoms with Gasteiger partial charge in [0.2, 0.25) is 0 Å². The van der Waals surface area contributed by atoms with Gasteiger partial charge in [0.1, 0.15) is 0 Å². The Labute approximate surface area is 326 Å². The van der Waals surface area contributed by atoms with Crippen molar-refractivity contribution in [2.75, 3.05) is 0 Å². The largest absolute Gasteiger partial charge is 0.309 e. The zero-order chi connectivity index (χ0) is 36.7. The third kappa shape index (κ3) is 4.63. The number of rotatable bonds is 4. The fourth-order valence-electron chi connectivity index (χ4n) is 8.88. The third-order valence-electron chi connectivity index (χ3n) is 11.4. The maximum Gasteiger partial charge on any atom is 0.161 e. The van der Waals surface area contributed by atoms with Gasteiger partial charge in [0.25, 0.3) is 0 Å². The maximum atomic E-state index is 5.42. The predicted octanol–water partition coefficient (Wildman–Crippen LogP) is 14.4. The lowest BCUT2D eigenvalue weighted by molar-refractivity contribution is 1.18. The number of benzene rings is 9. The first kappa shape index (κ1) is 31.2. The number of hydrogen-bond acceptors (Lipinski definition) is 3. The number of hydrogen-bond donors (Lipinski definition) is 0. The van der Waals surface area contributed by atoms with Gasteiger partial charge in [-0.3, -0.25) is 0 Å². The van der Waals surface area contributed by atoms with Gasteiger partial charge in [-0.25, -0.2) is 9.97 Å². The molecule has 9 aromatic carbocycles. The second-order valence-electron chi connectivity index (χ2n) is 14.5. The highest BCUT2D eigenvalue weighted by Crippen LogP contribution is 2.46. The summed E-state index contributed by atoms with van der Waals surface area (Å²) in [6.45, 7) is 0. The van der Waals surface area contributed by atoms with Gasteiger partial charge in [0.05, 0.1) is 22.4 Å². The molecule has 12 rings (SSSR count). The first-order chi connectivity index (χ1) is 27.8. The van der Waals surface area contributed by atoms with Crippen LogP contribution in [0.25, 0.3) is 114 Å². The van der Waals surface area contributed by atoms with Gasteiger partial charge in [-0.05, 0) is 74.8 Å². The molecule has 260 valence electrons. The molecule has 0 amide bonds. The number of fused-ring (bicyclic) bond motifs is 13. The third-order valence-corrected chi connectivity index (χ3v) is 12.7. The van der Waals surface area contributed by atoms with Crippen LogP contribution in [0.1, 0.15) is 0 Å². The molecule has 0 N–H and O–H groups in total. The van der Waals surface area contributed by atoms with Crippen molar-refractivity contribution >= 4 is 85.6 Å². The van der Waals surface area contributed by atoms with Crippen LogP contribution in [0.2, 0.25) is 0 Å². The van der Waals surface area contributed by atoms with Crippen LogP contribution < -0.4 is 0 Å². The highest BCUT2D eigenvalue weighted by molar-refractivity contribution is 7.27. The summed E-state index contributed by atoms with van der Waals surface area (Å²) in [6.07, 6.45) is 0. The number of thiophene rings is 1. The standard InChI is InChI=1S/C52H31N3S/c1-3-14-32(15-4-1)45-31-46(33-26-27-39-37-20-8-7-18-35(37)36-19-9-10-21-38(36)44(39)30-33)54-52(53-45)43-24-13-23-40-41-28-29-48-49(51(41)56-50(40)43)42-22-11-12-25-47(42)55(48)34-16-5-2-6-17-34/h1-31H. The summed E-state index contributed by atoms with van der Waals surface area (Å²) in [4.78, 5) is 10.7. The van der Waals surface area contributed by atoms with Gasteiger partial charge in [-0.1, -0.05) is 146 Å². The maximum absolute atomic E-state index is 5.42. The van der Waals surface area contributed by atoms with E-state index in [1.54, 1.807) is 0 Å². The highest BCUT2D eigenvalue weighted by Gasteiger charge is 2.20. The minimum absolute atomic E-state index is 0.727. The zero-order valence-electron chi connectivity index (χ0n) is 30.1. The molecule has 0 saturated heterocycles. The van der Waals surface area contributed by atoms with Crippen molar-refractivity contribution in [1.82, 2.24) is 14.5 Å². The van der Waals surface area contributed by atoms with E-state index in [0.29, 0.717) is 0 Å². The van der Waals surface area contributed by atoms with Crippen LogP contribution in [0.15, 0.2) is 188 Å². The Morgan fingerprint density at radius 2 is 0.911 bits per heavy atom. The quantitative estimate of drug-likeness (QED) is 0.169. The Morgan fingerprint density at radius 1 is 0.357 bits per heavy atom. The molecule has 3 aromatic heterocycles. The molecule has 0 atom stereocenters. The van der Waals surface area contributed by atoms with E-state index < -0.39 is 0 Å². The van der Waals surface area contributed by atoms with E-state index in [1.165, 1.54) is 74.3 Å². The molecule has 56 heavy (non-hydrogen) atoms. The lowest BCUT2D eigenvalue weighted by atomic mass is 9.92. The average Bonchev–Trinajstić information content (AvgIpc) is 3.83. The first-order valence-corrected chi connectivity index (χ1v) is 19.8. The predicted molar refractivity (Wildman–Crippen MR) is 238 cm³/mol. The van der Waals surface area contributed by atoms with Crippen LogP contribution in [-0.4, -0.2) is 14.5 Å². The molecular weight excluding hydrogens is 699 g/mol. The van der Waals surface area contributed by atoms with E-state index in [9.17, 15) is 0 Å². The molecular formula is C52H31N3S. The summed E-state index contributed by atoms with van der Waals surface area (Å²) >= 11 is 1.85. The van der Waals surface area contributed by atoms with Crippen molar-refractivity contribution in [2.24, 2.45) is 0 Å². The molecule has 0 fully saturated rings. The molecule has 3 nitrogen and oxygen atoms in total. The van der Waals surface area contributed by atoms with Crippen LogP contribution in [0, 0.1) is 0 Å². The Bertz CT molecular complexity index is 3490. The Morgan fingerprint density at radius 3 is 1.64 bits per heavy atom. The Balaban J connectivity index is 1.11. The Kier molecular flexibility index (Phi) is 6.80. The molecule has 0 saturated carbocycles. The second-order valence-corrected chi connectivity index (χ2v) is 15.5. The van der Waals surface area contributed by atoms with Crippen LogP contribution in [-0.2, 0) is 0 Å². The Hall–Kier alpha value is -7.14. The number of para-hydroxylation sites is 2. The lowest BCUT2D eigenvalue weighted by Gasteiger charge is -2.13. The van der Waals surface area contributed by atoms with Crippen LogP contribution in [0.3, 0.4) is 0 Å². The van der Waals surface area contributed by atoms with Gasteiger partial charge in [0.15, 0.2) is 5.82 Å². The summed E-state index contributed by atoms with van der Waals surface area (Å²) in [5, 5.41) is 12.5. The van der Waals surface area contributed by atoms with Crippen LogP contribution in [0.5, 0.6) is 0 Å². The second kappa shape index (κ2) is 12.2. The monoisotopic (exact) mass is 729 g/mol. The topological polar surface area (TPSA) is 30.7 Å².